The summed E-state index contributed by atoms with van der Waals surface area (Å²) in [7, 11) is 0.982. The lowest BCUT2D eigenvalue weighted by molar-refractivity contribution is -0.0559. The first-order valence-corrected chi connectivity index (χ1v) is 2.05. The van der Waals surface area contributed by atoms with Gasteiger partial charge < -0.3 is 0 Å². The van der Waals surface area contributed by atoms with Crippen molar-refractivity contribution >= 4 is 16.8 Å². The van der Waals surface area contributed by atoms with Crippen molar-refractivity contribution in [3.63, 3.8) is 0 Å². The Morgan fingerprint density at radius 2 is 1.88 bits per heavy atom. The predicted octanol–water partition coefficient (Wildman–Crippen LogP) is 1.82. The maximum absolute atomic E-state index is 11.2. The predicted molar refractivity (Wildman–Crippen MR) is 25.3 cm³/mol. The van der Waals surface area contributed by atoms with Gasteiger partial charge in [0.2, 0.25) is 5.17 Å². The molecule has 0 atom stereocenters. The third-order valence-corrected chi connectivity index (χ3v) is 0.814. The summed E-state index contributed by atoms with van der Waals surface area (Å²) < 4.78 is 33.6. The van der Waals surface area contributed by atoms with Crippen molar-refractivity contribution in [2.75, 3.05) is 7.05 Å². The van der Waals surface area contributed by atoms with Crippen LogP contribution in [-0.2, 0) is 0 Å². The highest BCUT2D eigenvalue weighted by molar-refractivity contribution is 6.66. The first-order chi connectivity index (χ1) is 3.48. The molecule has 0 aliphatic rings. The van der Waals surface area contributed by atoms with E-state index < -0.39 is 11.3 Å². The van der Waals surface area contributed by atoms with E-state index in [1.807, 2.05) is 0 Å². The minimum absolute atomic E-state index is 0.982. The van der Waals surface area contributed by atoms with Crippen molar-refractivity contribution in [3.05, 3.63) is 0 Å². The second-order valence-corrected chi connectivity index (χ2v) is 1.37. The molecule has 1 nitrogen and oxygen atoms in total. The normalized spacial score (nSPS) is 14.4. The third kappa shape index (κ3) is 2.16. The van der Waals surface area contributed by atoms with E-state index in [2.05, 4.69) is 16.6 Å². The van der Waals surface area contributed by atoms with Crippen LogP contribution in [0.1, 0.15) is 0 Å². The van der Waals surface area contributed by atoms with Gasteiger partial charge in [-0.05, 0) is 0 Å². The van der Waals surface area contributed by atoms with Crippen LogP contribution in [0.3, 0.4) is 0 Å². The van der Waals surface area contributed by atoms with Gasteiger partial charge in [0, 0.05) is 7.05 Å². The molecular weight excluding hydrogens is 142 g/mol. The smallest absolute Gasteiger partial charge is 0.273 e. The third-order valence-electron chi connectivity index (χ3n) is 0.430. The van der Waals surface area contributed by atoms with Crippen molar-refractivity contribution in [2.24, 2.45) is 4.99 Å². The summed E-state index contributed by atoms with van der Waals surface area (Å²) in [5.41, 5.74) is 0. The molecule has 0 bridgehead atoms. The van der Waals surface area contributed by atoms with E-state index in [0.717, 1.165) is 7.05 Å². The van der Waals surface area contributed by atoms with E-state index in [1.54, 1.807) is 0 Å². The lowest BCUT2D eigenvalue weighted by Gasteiger charge is -1.99. The second kappa shape index (κ2) is 2.35. The minimum atomic E-state index is -4.48. The van der Waals surface area contributed by atoms with E-state index in [-0.39, 0.29) is 0 Å². The molecule has 8 heavy (non-hydrogen) atoms. The van der Waals surface area contributed by atoms with E-state index in [9.17, 15) is 13.2 Å². The Bertz CT molecular complexity index is 106. The summed E-state index contributed by atoms with van der Waals surface area (Å²) in [4.78, 5) is 2.72. The maximum atomic E-state index is 11.2. The zero-order valence-corrected chi connectivity index (χ0v) is 4.72. The molecule has 5 heteroatoms. The minimum Gasteiger partial charge on any atom is -0.273 e. The van der Waals surface area contributed by atoms with Gasteiger partial charge in [-0.15, -0.1) is 0 Å². The standard InChI is InChI=1S/C3H3ClF3N/c1-8-2(4)3(5,6)7/h1H3/b8-2-. The van der Waals surface area contributed by atoms with E-state index in [0.29, 0.717) is 0 Å². The molecule has 0 rings (SSSR count). The number of aliphatic imine (C=N–C) groups is 1. The van der Waals surface area contributed by atoms with Gasteiger partial charge in [0.25, 0.3) is 0 Å². The van der Waals surface area contributed by atoms with Crippen LogP contribution in [0.4, 0.5) is 13.2 Å². The molecular formula is C3H3ClF3N. The molecule has 0 spiro atoms. The van der Waals surface area contributed by atoms with Crippen molar-refractivity contribution in [1.29, 1.82) is 0 Å². The van der Waals surface area contributed by atoms with Crippen LogP contribution in [-0.4, -0.2) is 18.4 Å². The van der Waals surface area contributed by atoms with Crippen molar-refractivity contribution in [2.45, 2.75) is 6.18 Å². The number of hydrogen-bond acceptors (Lipinski definition) is 1. The van der Waals surface area contributed by atoms with Gasteiger partial charge in [-0.2, -0.15) is 13.2 Å². The summed E-state index contributed by atoms with van der Waals surface area (Å²) in [6.07, 6.45) is -4.48. The zero-order valence-electron chi connectivity index (χ0n) is 3.96. The Labute approximate surface area is 49.2 Å². The summed E-state index contributed by atoms with van der Waals surface area (Å²) in [6, 6.07) is 0. The van der Waals surface area contributed by atoms with Gasteiger partial charge in [-0.3, -0.25) is 4.99 Å². The van der Waals surface area contributed by atoms with Crippen LogP contribution in [0, 0.1) is 0 Å². The number of nitrogens with zero attached hydrogens (tertiary/aromatic N) is 1. The Morgan fingerprint density at radius 3 is 1.88 bits per heavy atom. The number of hydrogen-bond donors (Lipinski definition) is 0. The Hall–Kier alpha value is -0.250. The molecule has 0 aromatic carbocycles. The van der Waals surface area contributed by atoms with E-state index >= 15 is 0 Å². The highest BCUT2D eigenvalue weighted by atomic mass is 35.5. The van der Waals surface area contributed by atoms with Crippen LogP contribution in [0.2, 0.25) is 0 Å². The molecule has 0 heterocycles. The molecule has 0 fully saturated rings. The summed E-state index contributed by atoms with van der Waals surface area (Å²) in [5, 5.41) is -1.32. The number of rotatable bonds is 0. The lowest BCUT2D eigenvalue weighted by Crippen LogP contribution is -2.16. The quantitative estimate of drug-likeness (QED) is 0.461. The van der Waals surface area contributed by atoms with E-state index in [1.165, 1.54) is 0 Å². The summed E-state index contributed by atoms with van der Waals surface area (Å²) >= 11 is 4.57. The van der Waals surface area contributed by atoms with Crippen molar-refractivity contribution in [3.8, 4) is 0 Å². The van der Waals surface area contributed by atoms with Crippen LogP contribution >= 0.6 is 11.6 Å². The molecule has 0 N–H and O–H groups in total. The number of alkyl halides is 3. The van der Waals surface area contributed by atoms with Gasteiger partial charge >= 0.3 is 6.18 Å². The average molecular weight is 146 g/mol. The van der Waals surface area contributed by atoms with Gasteiger partial charge in [0.05, 0.1) is 0 Å². The average Bonchev–Trinajstić information content (AvgIpc) is 1.62. The van der Waals surface area contributed by atoms with Crippen LogP contribution < -0.4 is 0 Å². The monoisotopic (exact) mass is 145 g/mol. The maximum Gasteiger partial charge on any atom is 0.444 e. The lowest BCUT2D eigenvalue weighted by atomic mass is 10.7. The summed E-state index contributed by atoms with van der Waals surface area (Å²) in [5.74, 6) is 0. The molecule has 0 aliphatic carbocycles. The highest BCUT2D eigenvalue weighted by Gasteiger charge is 2.33. The topological polar surface area (TPSA) is 12.4 Å². The van der Waals surface area contributed by atoms with Crippen LogP contribution in [0.5, 0.6) is 0 Å². The molecule has 0 aliphatic heterocycles. The highest BCUT2D eigenvalue weighted by Crippen LogP contribution is 2.18. The largest absolute Gasteiger partial charge is 0.444 e. The first kappa shape index (κ1) is 7.75. The molecule has 48 valence electrons. The zero-order chi connectivity index (χ0) is 6.78. The van der Waals surface area contributed by atoms with Crippen LogP contribution in [0.25, 0.3) is 0 Å². The van der Waals surface area contributed by atoms with Gasteiger partial charge in [-0.1, -0.05) is 11.6 Å². The van der Waals surface area contributed by atoms with Gasteiger partial charge in [0.1, 0.15) is 0 Å². The van der Waals surface area contributed by atoms with E-state index in [4.69, 9.17) is 0 Å². The Balaban J connectivity index is 4.03. The first-order valence-electron chi connectivity index (χ1n) is 1.68. The van der Waals surface area contributed by atoms with Gasteiger partial charge in [0.15, 0.2) is 0 Å². The fourth-order valence-corrected chi connectivity index (χ4v) is 0.127. The SMILES string of the molecule is C/N=C(\Cl)C(F)(F)F. The molecule has 0 radical (unpaired) electrons. The van der Waals surface area contributed by atoms with Crippen LogP contribution in [0.15, 0.2) is 4.99 Å². The molecule has 0 amide bonds. The molecule has 0 saturated heterocycles. The molecule has 0 unspecified atom stereocenters. The fourth-order valence-electron chi connectivity index (χ4n) is 0.127. The Morgan fingerprint density at radius 1 is 1.50 bits per heavy atom. The molecule has 0 aromatic rings. The van der Waals surface area contributed by atoms with Crippen molar-refractivity contribution < 1.29 is 13.2 Å². The molecule has 0 aromatic heterocycles. The van der Waals surface area contributed by atoms with Gasteiger partial charge in [-0.25, -0.2) is 0 Å². The van der Waals surface area contributed by atoms with Crippen molar-refractivity contribution in [1.82, 2.24) is 0 Å². The molecule has 0 saturated carbocycles. The number of halogens is 4. The summed E-state index contributed by atoms with van der Waals surface area (Å²) in [6.45, 7) is 0. The Kier molecular flexibility index (Phi) is 2.27. The fraction of sp³-hybridized carbons (Fsp3) is 0.667. The second-order valence-electron chi connectivity index (χ2n) is 1.01.